The van der Waals surface area contributed by atoms with Crippen LogP contribution in [0.5, 0.6) is 0 Å². The van der Waals surface area contributed by atoms with Gasteiger partial charge in [-0.15, -0.1) is 12.3 Å². The molecule has 5 nitrogen and oxygen atoms in total. The first-order valence-corrected chi connectivity index (χ1v) is 6.17. The van der Waals surface area contributed by atoms with Gasteiger partial charge in [-0.25, -0.2) is 0 Å². The fraction of sp³-hybridized carbons (Fsp3) is 0.267. The number of nitrogens with zero attached hydrogens (tertiary/aromatic N) is 1. The van der Waals surface area contributed by atoms with Crippen LogP contribution < -0.4 is 10.7 Å². The number of nitrogens with one attached hydrogen (secondary N) is 2. The molecule has 0 spiro atoms. The Hall–Kier alpha value is -2.61. The number of terminal acetylenes is 1. The number of hydrogen-bond donors (Lipinski definition) is 2. The molecule has 0 atom stereocenters. The number of ketones is 1. The molecule has 2 N–H and O–H groups in total. The van der Waals surface area contributed by atoms with Gasteiger partial charge >= 0.3 is 0 Å². The summed E-state index contributed by atoms with van der Waals surface area (Å²) in [5.41, 5.74) is 4.38. The molecular weight excluding hydrogens is 254 g/mol. The zero-order chi connectivity index (χ0) is 15.0. The lowest BCUT2D eigenvalue weighted by molar-refractivity contribution is -0.111. The fourth-order valence-electron chi connectivity index (χ4n) is 1.27. The van der Waals surface area contributed by atoms with E-state index in [2.05, 4.69) is 21.8 Å². The number of carbonyl (C=O) groups excluding carboxylic acids is 2. The first-order chi connectivity index (χ1) is 9.54. The lowest BCUT2D eigenvalue weighted by Gasteiger charge is -2.05. The van der Waals surface area contributed by atoms with Gasteiger partial charge in [0.1, 0.15) is 5.71 Å². The van der Waals surface area contributed by atoms with Crippen LogP contribution in [-0.4, -0.2) is 23.9 Å². The Balaban J connectivity index is 2.60. The van der Waals surface area contributed by atoms with Crippen molar-refractivity contribution < 1.29 is 9.59 Å². The summed E-state index contributed by atoms with van der Waals surface area (Å²) < 4.78 is 0. The van der Waals surface area contributed by atoms with E-state index < -0.39 is 0 Å². The molecule has 1 rings (SSSR count). The molecule has 104 valence electrons. The van der Waals surface area contributed by atoms with E-state index in [-0.39, 0.29) is 11.7 Å². The molecule has 1 aromatic carbocycles. The maximum atomic E-state index is 11.7. The highest BCUT2D eigenvalue weighted by molar-refractivity contribution is 6.38. The highest BCUT2D eigenvalue weighted by Gasteiger charge is 2.04. The van der Waals surface area contributed by atoms with E-state index in [9.17, 15) is 9.59 Å². The molecule has 0 aliphatic carbocycles. The second-order valence-corrected chi connectivity index (χ2v) is 4.15. The van der Waals surface area contributed by atoms with E-state index >= 15 is 0 Å². The number of carbonyl (C=O) groups is 2. The Morgan fingerprint density at radius 2 is 1.90 bits per heavy atom. The van der Waals surface area contributed by atoms with Gasteiger partial charge in [-0.1, -0.05) is 0 Å². The van der Waals surface area contributed by atoms with Gasteiger partial charge in [0.2, 0.25) is 0 Å². The van der Waals surface area contributed by atoms with E-state index in [1.807, 2.05) is 0 Å². The number of hydrogen-bond acceptors (Lipinski definition) is 4. The van der Waals surface area contributed by atoms with Gasteiger partial charge in [-0.2, -0.15) is 5.10 Å². The molecule has 0 bridgehead atoms. The molecular formula is C15H17N3O2. The van der Waals surface area contributed by atoms with E-state index in [1.54, 1.807) is 31.2 Å². The quantitative estimate of drug-likeness (QED) is 0.359. The molecule has 0 aliphatic heterocycles. The molecule has 1 aromatic rings. The van der Waals surface area contributed by atoms with Crippen LogP contribution in [0.2, 0.25) is 0 Å². The number of amides is 1. The molecule has 20 heavy (non-hydrogen) atoms. The van der Waals surface area contributed by atoms with E-state index in [0.717, 1.165) is 0 Å². The van der Waals surface area contributed by atoms with Crippen LogP contribution >= 0.6 is 0 Å². The minimum Gasteiger partial charge on any atom is -0.351 e. The molecule has 0 saturated heterocycles. The zero-order valence-corrected chi connectivity index (χ0v) is 11.6. The van der Waals surface area contributed by atoms with Crippen LogP contribution in [0, 0.1) is 12.3 Å². The third-order valence-electron chi connectivity index (χ3n) is 2.56. The molecule has 0 radical (unpaired) electrons. The summed E-state index contributed by atoms with van der Waals surface area (Å²) in [5, 5.41) is 6.63. The lowest BCUT2D eigenvalue weighted by Crippen LogP contribution is -2.24. The normalized spacial score (nSPS) is 10.6. The average molecular weight is 271 g/mol. The van der Waals surface area contributed by atoms with Crippen molar-refractivity contribution in [3.8, 4) is 12.3 Å². The Morgan fingerprint density at radius 3 is 2.45 bits per heavy atom. The molecule has 0 unspecified atom stereocenters. The van der Waals surface area contributed by atoms with Crippen molar-refractivity contribution >= 4 is 23.1 Å². The van der Waals surface area contributed by atoms with Gasteiger partial charge in [0, 0.05) is 25.5 Å². The van der Waals surface area contributed by atoms with Gasteiger partial charge in [-0.3, -0.25) is 15.0 Å². The predicted octanol–water partition coefficient (Wildman–Crippen LogP) is 1.82. The molecule has 0 fully saturated rings. The number of rotatable bonds is 6. The summed E-state index contributed by atoms with van der Waals surface area (Å²) >= 11 is 0. The fourth-order valence-corrected chi connectivity index (χ4v) is 1.27. The van der Waals surface area contributed by atoms with Crippen molar-refractivity contribution in [2.45, 2.75) is 20.3 Å². The van der Waals surface area contributed by atoms with Crippen molar-refractivity contribution in [2.75, 3.05) is 12.0 Å². The van der Waals surface area contributed by atoms with Crippen LogP contribution in [0.25, 0.3) is 0 Å². The Kier molecular flexibility index (Phi) is 5.98. The number of Topliss-reactive ketones (excluding diaryl/α,β-unsaturated/α-hetero) is 1. The molecule has 0 aliphatic rings. The minimum atomic E-state index is -0.171. The lowest BCUT2D eigenvalue weighted by atomic mass is 10.2. The van der Waals surface area contributed by atoms with Crippen LogP contribution in [-0.2, 0) is 4.79 Å². The summed E-state index contributed by atoms with van der Waals surface area (Å²) in [6, 6.07) is 6.78. The second kappa shape index (κ2) is 7.74. The Morgan fingerprint density at radius 1 is 1.25 bits per heavy atom. The highest BCUT2D eigenvalue weighted by atomic mass is 16.1. The number of benzene rings is 1. The monoisotopic (exact) mass is 271 g/mol. The van der Waals surface area contributed by atoms with Crippen LogP contribution in [0.4, 0.5) is 5.69 Å². The van der Waals surface area contributed by atoms with Crippen molar-refractivity contribution in [3.63, 3.8) is 0 Å². The standard InChI is InChI=1S/C15H17N3O2/c1-4-5-10-16-15(20)13-6-8-14(9-7-13)18-17-11(2)12(3)19/h1,6-9,18H,5,10H2,2-3H3,(H,16,20). The van der Waals surface area contributed by atoms with Gasteiger partial charge in [-0.05, 0) is 31.2 Å². The molecule has 0 heterocycles. The number of anilines is 1. The maximum absolute atomic E-state index is 11.7. The smallest absolute Gasteiger partial charge is 0.251 e. The molecule has 0 aromatic heterocycles. The predicted molar refractivity (Wildman–Crippen MR) is 79.6 cm³/mol. The van der Waals surface area contributed by atoms with Gasteiger partial charge < -0.3 is 5.32 Å². The first-order valence-electron chi connectivity index (χ1n) is 6.17. The summed E-state index contributed by atoms with van der Waals surface area (Å²) in [5.74, 6) is 2.19. The van der Waals surface area contributed by atoms with E-state index in [1.165, 1.54) is 6.92 Å². The third kappa shape index (κ3) is 4.94. The SMILES string of the molecule is C#CCCNC(=O)c1ccc(NN=C(C)C(C)=O)cc1. The number of hydrazone groups is 1. The van der Waals surface area contributed by atoms with Crippen LogP contribution in [0.1, 0.15) is 30.6 Å². The summed E-state index contributed by atoms with van der Waals surface area (Å²) in [6.45, 7) is 3.53. The van der Waals surface area contributed by atoms with E-state index in [0.29, 0.717) is 29.9 Å². The second-order valence-electron chi connectivity index (χ2n) is 4.15. The first kappa shape index (κ1) is 15.4. The third-order valence-corrected chi connectivity index (χ3v) is 2.56. The molecule has 1 amide bonds. The zero-order valence-electron chi connectivity index (χ0n) is 11.6. The van der Waals surface area contributed by atoms with Crippen LogP contribution in [0.15, 0.2) is 29.4 Å². The summed E-state index contributed by atoms with van der Waals surface area (Å²) in [7, 11) is 0. The highest BCUT2D eigenvalue weighted by Crippen LogP contribution is 2.09. The summed E-state index contributed by atoms with van der Waals surface area (Å²) in [6.07, 6.45) is 5.61. The van der Waals surface area contributed by atoms with Crippen molar-refractivity contribution in [1.82, 2.24) is 5.32 Å². The van der Waals surface area contributed by atoms with Gasteiger partial charge in [0.25, 0.3) is 5.91 Å². The Labute approximate surface area is 118 Å². The Bertz CT molecular complexity index is 553. The van der Waals surface area contributed by atoms with Gasteiger partial charge in [0.15, 0.2) is 5.78 Å². The average Bonchev–Trinajstić information content (AvgIpc) is 2.45. The van der Waals surface area contributed by atoms with Crippen molar-refractivity contribution in [1.29, 1.82) is 0 Å². The topological polar surface area (TPSA) is 70.6 Å². The molecule has 5 heteroatoms. The largest absolute Gasteiger partial charge is 0.351 e. The van der Waals surface area contributed by atoms with E-state index in [4.69, 9.17) is 6.42 Å². The molecule has 0 saturated carbocycles. The minimum absolute atomic E-state index is 0.0954. The van der Waals surface area contributed by atoms with Gasteiger partial charge in [0.05, 0.1) is 5.69 Å². The van der Waals surface area contributed by atoms with Crippen molar-refractivity contribution in [2.24, 2.45) is 5.10 Å². The van der Waals surface area contributed by atoms with Crippen LogP contribution in [0.3, 0.4) is 0 Å². The van der Waals surface area contributed by atoms with Crippen molar-refractivity contribution in [3.05, 3.63) is 29.8 Å². The summed E-state index contributed by atoms with van der Waals surface area (Å²) in [4.78, 5) is 22.7. The maximum Gasteiger partial charge on any atom is 0.251 e.